The molecule has 0 saturated carbocycles. The van der Waals surface area contributed by atoms with E-state index in [0.717, 1.165) is 0 Å². The predicted octanol–water partition coefficient (Wildman–Crippen LogP) is 3.58. The van der Waals surface area contributed by atoms with Crippen molar-refractivity contribution in [2.24, 2.45) is 0 Å². The van der Waals surface area contributed by atoms with Crippen molar-refractivity contribution in [3.05, 3.63) is 87.1 Å². The summed E-state index contributed by atoms with van der Waals surface area (Å²) in [5.41, 5.74) is 5.17. The second-order valence-electron chi connectivity index (χ2n) is 5.39. The number of hydrogen-bond donors (Lipinski definition) is 2. The van der Waals surface area contributed by atoms with E-state index in [1.54, 1.807) is 18.2 Å². The zero-order chi connectivity index (χ0) is 19.4. The van der Waals surface area contributed by atoms with E-state index in [1.807, 2.05) is 0 Å². The minimum Gasteiger partial charge on any atom is -0.451 e. The third kappa shape index (κ3) is 4.31. The summed E-state index contributed by atoms with van der Waals surface area (Å²) >= 11 is 5.75. The van der Waals surface area contributed by atoms with Crippen LogP contribution in [-0.4, -0.2) is 16.7 Å². The highest BCUT2D eigenvalue weighted by Gasteiger charge is 2.15. The summed E-state index contributed by atoms with van der Waals surface area (Å²) in [5, 5.41) is 11.3. The molecule has 0 fully saturated rings. The summed E-state index contributed by atoms with van der Waals surface area (Å²) in [6.45, 7) is 0. The van der Waals surface area contributed by atoms with Crippen molar-refractivity contribution in [3.63, 3.8) is 0 Å². The van der Waals surface area contributed by atoms with Gasteiger partial charge in [0.2, 0.25) is 0 Å². The molecule has 0 aliphatic heterocycles. The number of hydrazine groups is 1. The molecule has 1 aromatic heterocycles. The van der Waals surface area contributed by atoms with Gasteiger partial charge in [0.05, 0.1) is 4.92 Å². The SMILES string of the molecule is O=C(NNC(=O)c1ccc(-c2cccc([N+](=O)[O-])c2)o1)c1ccc(Cl)cc1. The second kappa shape index (κ2) is 7.71. The van der Waals surface area contributed by atoms with Crippen molar-refractivity contribution in [1.29, 1.82) is 0 Å². The zero-order valence-electron chi connectivity index (χ0n) is 13.6. The van der Waals surface area contributed by atoms with Gasteiger partial charge in [-0.1, -0.05) is 23.7 Å². The van der Waals surface area contributed by atoms with Crippen molar-refractivity contribution >= 4 is 29.1 Å². The van der Waals surface area contributed by atoms with Gasteiger partial charge in [-0.25, -0.2) is 0 Å². The Morgan fingerprint density at radius 2 is 1.67 bits per heavy atom. The molecule has 0 atom stereocenters. The first-order valence-electron chi connectivity index (χ1n) is 7.65. The summed E-state index contributed by atoms with van der Waals surface area (Å²) in [7, 11) is 0. The van der Waals surface area contributed by atoms with Crippen LogP contribution in [0.2, 0.25) is 5.02 Å². The van der Waals surface area contributed by atoms with Crippen LogP contribution in [0.1, 0.15) is 20.9 Å². The summed E-state index contributed by atoms with van der Waals surface area (Å²) in [6, 6.07) is 14.9. The first-order valence-corrected chi connectivity index (χ1v) is 8.03. The summed E-state index contributed by atoms with van der Waals surface area (Å²) in [4.78, 5) is 34.4. The van der Waals surface area contributed by atoms with E-state index in [0.29, 0.717) is 16.1 Å². The first kappa shape index (κ1) is 18.2. The Kier molecular flexibility index (Phi) is 5.18. The Balaban J connectivity index is 1.66. The molecule has 27 heavy (non-hydrogen) atoms. The highest BCUT2D eigenvalue weighted by atomic mass is 35.5. The number of nitrogens with one attached hydrogen (secondary N) is 2. The molecule has 3 rings (SSSR count). The van der Waals surface area contributed by atoms with Crippen LogP contribution in [0.5, 0.6) is 0 Å². The number of rotatable bonds is 4. The van der Waals surface area contributed by atoms with Crippen LogP contribution in [0.3, 0.4) is 0 Å². The highest BCUT2D eigenvalue weighted by Crippen LogP contribution is 2.25. The Labute approximate surface area is 157 Å². The van der Waals surface area contributed by atoms with Gasteiger partial charge in [0, 0.05) is 28.3 Å². The molecule has 0 spiro atoms. The monoisotopic (exact) mass is 385 g/mol. The lowest BCUT2D eigenvalue weighted by molar-refractivity contribution is -0.384. The Bertz CT molecular complexity index is 1010. The topological polar surface area (TPSA) is 114 Å². The summed E-state index contributed by atoms with van der Waals surface area (Å²) in [5.74, 6) is -0.972. The van der Waals surface area contributed by atoms with Crippen LogP contribution in [0.15, 0.2) is 65.1 Å². The molecule has 0 unspecified atom stereocenters. The van der Waals surface area contributed by atoms with Crippen molar-refractivity contribution in [1.82, 2.24) is 10.9 Å². The van der Waals surface area contributed by atoms with Gasteiger partial charge in [-0.2, -0.15) is 0 Å². The predicted molar refractivity (Wildman–Crippen MR) is 97.2 cm³/mol. The van der Waals surface area contributed by atoms with Gasteiger partial charge in [0.25, 0.3) is 11.6 Å². The number of benzene rings is 2. The van der Waals surface area contributed by atoms with Crippen LogP contribution in [0.25, 0.3) is 11.3 Å². The fraction of sp³-hybridized carbons (Fsp3) is 0. The number of amides is 2. The molecule has 0 bridgehead atoms. The fourth-order valence-electron chi connectivity index (χ4n) is 2.24. The average molecular weight is 386 g/mol. The van der Waals surface area contributed by atoms with Crippen molar-refractivity contribution in [2.75, 3.05) is 0 Å². The molecule has 0 aliphatic carbocycles. The molecule has 9 heteroatoms. The van der Waals surface area contributed by atoms with Gasteiger partial charge in [-0.05, 0) is 36.4 Å². The maximum Gasteiger partial charge on any atom is 0.305 e. The number of nitro benzene ring substituents is 1. The molecule has 0 saturated heterocycles. The smallest absolute Gasteiger partial charge is 0.305 e. The van der Waals surface area contributed by atoms with E-state index in [2.05, 4.69) is 10.9 Å². The molecule has 3 aromatic rings. The van der Waals surface area contributed by atoms with Gasteiger partial charge in [-0.3, -0.25) is 30.6 Å². The van der Waals surface area contributed by atoms with Crippen molar-refractivity contribution in [2.45, 2.75) is 0 Å². The normalized spacial score (nSPS) is 10.3. The standard InChI is InChI=1S/C18H12ClN3O5/c19-13-6-4-11(5-7-13)17(23)20-21-18(24)16-9-8-15(27-16)12-2-1-3-14(10-12)22(25)26/h1-10H,(H,20,23)(H,21,24). The van der Waals surface area contributed by atoms with Gasteiger partial charge in [0.15, 0.2) is 5.76 Å². The molecular weight excluding hydrogens is 374 g/mol. The van der Waals surface area contributed by atoms with E-state index < -0.39 is 16.7 Å². The third-order valence-electron chi connectivity index (χ3n) is 3.57. The third-order valence-corrected chi connectivity index (χ3v) is 3.82. The van der Waals surface area contributed by atoms with Gasteiger partial charge < -0.3 is 4.42 Å². The second-order valence-corrected chi connectivity index (χ2v) is 5.82. The lowest BCUT2D eigenvalue weighted by Crippen LogP contribution is -2.41. The van der Waals surface area contributed by atoms with Crippen LogP contribution in [-0.2, 0) is 0 Å². The summed E-state index contributed by atoms with van der Waals surface area (Å²) in [6.07, 6.45) is 0. The van der Waals surface area contributed by atoms with Gasteiger partial charge in [0.1, 0.15) is 5.76 Å². The van der Waals surface area contributed by atoms with Crippen LogP contribution >= 0.6 is 11.6 Å². The van der Waals surface area contributed by atoms with Crippen LogP contribution in [0, 0.1) is 10.1 Å². The molecular formula is C18H12ClN3O5. The number of carbonyl (C=O) groups excluding carboxylic acids is 2. The van der Waals surface area contributed by atoms with E-state index in [-0.39, 0.29) is 17.2 Å². The Morgan fingerprint density at radius 1 is 0.963 bits per heavy atom. The van der Waals surface area contributed by atoms with Crippen LogP contribution < -0.4 is 10.9 Å². The average Bonchev–Trinajstić information content (AvgIpc) is 3.17. The number of halogens is 1. The number of nitrogens with zero attached hydrogens (tertiary/aromatic N) is 1. The lowest BCUT2D eigenvalue weighted by atomic mass is 10.1. The quantitative estimate of drug-likeness (QED) is 0.526. The molecule has 8 nitrogen and oxygen atoms in total. The molecule has 136 valence electrons. The number of hydrogen-bond acceptors (Lipinski definition) is 5. The zero-order valence-corrected chi connectivity index (χ0v) is 14.4. The van der Waals surface area contributed by atoms with Crippen molar-refractivity contribution in [3.8, 4) is 11.3 Å². The highest BCUT2D eigenvalue weighted by molar-refractivity contribution is 6.30. The fourth-order valence-corrected chi connectivity index (χ4v) is 2.36. The Hall–Kier alpha value is -3.65. The number of nitro groups is 1. The molecule has 2 N–H and O–H groups in total. The number of furan rings is 1. The number of non-ortho nitro benzene ring substituents is 1. The molecule has 0 radical (unpaired) electrons. The molecule has 1 heterocycles. The first-order chi connectivity index (χ1) is 12.9. The molecule has 0 aliphatic rings. The number of carbonyl (C=O) groups is 2. The van der Waals surface area contributed by atoms with E-state index >= 15 is 0 Å². The minimum atomic E-state index is -0.672. The van der Waals surface area contributed by atoms with Crippen LogP contribution in [0.4, 0.5) is 5.69 Å². The van der Waals surface area contributed by atoms with E-state index in [1.165, 1.54) is 42.5 Å². The molecule has 2 amide bonds. The lowest BCUT2D eigenvalue weighted by Gasteiger charge is -2.06. The molecule has 2 aromatic carbocycles. The maximum atomic E-state index is 12.1. The minimum absolute atomic E-state index is 0.0621. The van der Waals surface area contributed by atoms with Crippen molar-refractivity contribution < 1.29 is 18.9 Å². The van der Waals surface area contributed by atoms with E-state index in [9.17, 15) is 19.7 Å². The largest absolute Gasteiger partial charge is 0.451 e. The summed E-state index contributed by atoms with van der Waals surface area (Å²) < 4.78 is 5.42. The van der Waals surface area contributed by atoms with E-state index in [4.69, 9.17) is 16.0 Å². The van der Waals surface area contributed by atoms with Gasteiger partial charge in [-0.15, -0.1) is 0 Å². The Morgan fingerprint density at radius 3 is 2.37 bits per heavy atom. The maximum absolute atomic E-state index is 12.1. The van der Waals surface area contributed by atoms with Gasteiger partial charge >= 0.3 is 5.91 Å².